The summed E-state index contributed by atoms with van der Waals surface area (Å²) in [5, 5.41) is 5.01. The highest BCUT2D eigenvalue weighted by Gasteiger charge is 2.32. The number of thiocarbonyl (C=S) groups is 1. The third-order valence-corrected chi connectivity index (χ3v) is 6.17. The molecule has 1 aromatic rings. The first-order chi connectivity index (χ1) is 11.1. The van der Waals surface area contributed by atoms with E-state index in [0.29, 0.717) is 28.2 Å². The maximum atomic E-state index is 12.4. The van der Waals surface area contributed by atoms with Crippen molar-refractivity contribution in [1.82, 2.24) is 10.2 Å². The van der Waals surface area contributed by atoms with Gasteiger partial charge in [0.15, 0.2) is 0 Å². The molecule has 4 nitrogen and oxygen atoms in total. The van der Waals surface area contributed by atoms with Gasteiger partial charge < -0.3 is 5.32 Å². The Labute approximate surface area is 149 Å². The number of rotatable bonds is 5. The first kappa shape index (κ1) is 16.7. The summed E-state index contributed by atoms with van der Waals surface area (Å²) in [6.45, 7) is 0.352. The van der Waals surface area contributed by atoms with Gasteiger partial charge in [0.05, 0.1) is 4.91 Å². The van der Waals surface area contributed by atoms with Crippen LogP contribution in [0.15, 0.2) is 22.4 Å². The van der Waals surface area contributed by atoms with Crippen LogP contribution >= 0.6 is 35.3 Å². The van der Waals surface area contributed by atoms with Gasteiger partial charge in [-0.2, -0.15) is 0 Å². The topological polar surface area (TPSA) is 49.4 Å². The molecule has 1 aliphatic carbocycles. The summed E-state index contributed by atoms with van der Waals surface area (Å²) >= 11 is 8.18. The Morgan fingerprint density at radius 2 is 2.22 bits per heavy atom. The molecule has 0 radical (unpaired) electrons. The minimum atomic E-state index is -0.0953. The molecule has 23 heavy (non-hydrogen) atoms. The van der Waals surface area contributed by atoms with E-state index >= 15 is 0 Å². The summed E-state index contributed by atoms with van der Waals surface area (Å²) < 4.78 is 0.534. The second-order valence-corrected chi connectivity index (χ2v) is 8.30. The number of thiophene rings is 1. The monoisotopic (exact) mass is 366 g/mol. The van der Waals surface area contributed by atoms with Crippen molar-refractivity contribution < 1.29 is 9.59 Å². The minimum absolute atomic E-state index is 0.00758. The van der Waals surface area contributed by atoms with Crippen LogP contribution in [0.4, 0.5) is 0 Å². The van der Waals surface area contributed by atoms with Crippen molar-refractivity contribution in [1.29, 1.82) is 0 Å². The molecule has 1 saturated heterocycles. The Morgan fingerprint density at radius 1 is 1.43 bits per heavy atom. The normalized spacial score (nSPS) is 20.7. The Balaban J connectivity index is 1.54. The minimum Gasteiger partial charge on any atom is -0.353 e. The fourth-order valence-electron chi connectivity index (χ4n) is 2.78. The maximum Gasteiger partial charge on any atom is 0.266 e. The maximum absolute atomic E-state index is 12.4. The summed E-state index contributed by atoms with van der Waals surface area (Å²) in [6, 6.07) is 4.23. The van der Waals surface area contributed by atoms with Crippen molar-refractivity contribution in [3.05, 3.63) is 27.3 Å². The zero-order chi connectivity index (χ0) is 16.2. The molecule has 0 spiro atoms. The van der Waals surface area contributed by atoms with Gasteiger partial charge in [-0.3, -0.25) is 14.5 Å². The van der Waals surface area contributed by atoms with E-state index < -0.39 is 0 Å². The van der Waals surface area contributed by atoms with Gasteiger partial charge in [-0.15, -0.1) is 11.3 Å². The van der Waals surface area contributed by atoms with Crippen molar-refractivity contribution in [3.63, 3.8) is 0 Å². The van der Waals surface area contributed by atoms with Gasteiger partial charge in [-0.1, -0.05) is 42.9 Å². The van der Waals surface area contributed by atoms with Gasteiger partial charge in [-0.05, 0) is 30.4 Å². The zero-order valence-electron chi connectivity index (χ0n) is 12.6. The van der Waals surface area contributed by atoms with Crippen molar-refractivity contribution >= 4 is 57.5 Å². The van der Waals surface area contributed by atoms with Crippen LogP contribution in [-0.4, -0.2) is 33.6 Å². The summed E-state index contributed by atoms with van der Waals surface area (Å²) in [5.74, 6) is -0.0877. The molecular weight excluding hydrogens is 348 g/mol. The molecule has 3 rings (SSSR count). The molecule has 1 aromatic heterocycles. The number of thioether (sulfide) groups is 1. The first-order valence-electron chi connectivity index (χ1n) is 7.72. The molecule has 0 atom stereocenters. The second kappa shape index (κ2) is 7.59. The van der Waals surface area contributed by atoms with Crippen LogP contribution in [0.2, 0.25) is 0 Å². The molecule has 2 aliphatic rings. The fourth-order valence-corrected chi connectivity index (χ4v) is 4.81. The molecule has 2 fully saturated rings. The summed E-state index contributed by atoms with van der Waals surface area (Å²) in [7, 11) is 0. The van der Waals surface area contributed by atoms with Gasteiger partial charge in [0.2, 0.25) is 5.91 Å². The van der Waals surface area contributed by atoms with Crippen LogP contribution in [0, 0.1) is 0 Å². The lowest BCUT2D eigenvalue weighted by molar-refractivity contribution is -0.124. The summed E-state index contributed by atoms with van der Waals surface area (Å²) in [4.78, 5) is 27.6. The van der Waals surface area contributed by atoms with Crippen LogP contribution in [0.25, 0.3) is 6.08 Å². The lowest BCUT2D eigenvalue weighted by Gasteiger charge is -2.16. The number of carbonyl (C=O) groups excluding carboxylic acids is 2. The second-order valence-electron chi connectivity index (χ2n) is 5.65. The van der Waals surface area contributed by atoms with E-state index in [1.54, 1.807) is 11.3 Å². The van der Waals surface area contributed by atoms with Crippen LogP contribution in [0.5, 0.6) is 0 Å². The first-order valence-corrected chi connectivity index (χ1v) is 9.82. The molecular formula is C16H18N2O2S3. The predicted molar refractivity (Wildman–Crippen MR) is 99.2 cm³/mol. The van der Waals surface area contributed by atoms with Crippen LogP contribution in [0.1, 0.15) is 37.0 Å². The highest BCUT2D eigenvalue weighted by Crippen LogP contribution is 2.33. The summed E-state index contributed by atoms with van der Waals surface area (Å²) in [5.41, 5.74) is 0. The van der Waals surface area contributed by atoms with Crippen molar-refractivity contribution in [2.24, 2.45) is 0 Å². The van der Waals surface area contributed by atoms with Gasteiger partial charge >= 0.3 is 0 Å². The molecule has 2 heterocycles. The van der Waals surface area contributed by atoms with E-state index in [1.165, 1.54) is 29.5 Å². The lowest BCUT2D eigenvalue weighted by Crippen LogP contribution is -2.37. The van der Waals surface area contributed by atoms with Crippen molar-refractivity contribution in [3.8, 4) is 0 Å². The molecule has 1 saturated carbocycles. The van der Waals surface area contributed by atoms with E-state index in [-0.39, 0.29) is 11.8 Å². The van der Waals surface area contributed by atoms with Gasteiger partial charge in [0.25, 0.3) is 5.91 Å². The third kappa shape index (κ3) is 4.22. The molecule has 1 aliphatic heterocycles. The van der Waals surface area contributed by atoms with E-state index in [0.717, 1.165) is 17.7 Å². The van der Waals surface area contributed by atoms with E-state index in [9.17, 15) is 9.59 Å². The highest BCUT2D eigenvalue weighted by atomic mass is 32.2. The van der Waals surface area contributed by atoms with Crippen LogP contribution in [0.3, 0.4) is 0 Å². The molecule has 122 valence electrons. The molecule has 0 bridgehead atoms. The Kier molecular flexibility index (Phi) is 5.50. The predicted octanol–water partition coefficient (Wildman–Crippen LogP) is 3.40. The van der Waals surface area contributed by atoms with Crippen molar-refractivity contribution in [2.45, 2.75) is 38.1 Å². The molecule has 2 amide bonds. The average Bonchev–Trinajstić information content (AvgIpc) is 3.23. The number of hydrogen-bond acceptors (Lipinski definition) is 5. The number of hydrogen-bond donors (Lipinski definition) is 1. The van der Waals surface area contributed by atoms with Gasteiger partial charge in [0, 0.05) is 23.9 Å². The van der Waals surface area contributed by atoms with E-state index in [1.807, 2.05) is 23.6 Å². The number of amides is 2. The average molecular weight is 367 g/mol. The molecule has 7 heteroatoms. The zero-order valence-corrected chi connectivity index (χ0v) is 15.1. The summed E-state index contributed by atoms with van der Waals surface area (Å²) in [6.07, 6.45) is 6.67. The Morgan fingerprint density at radius 3 is 2.91 bits per heavy atom. The highest BCUT2D eigenvalue weighted by molar-refractivity contribution is 8.26. The van der Waals surface area contributed by atoms with Gasteiger partial charge in [0.1, 0.15) is 4.32 Å². The standard InChI is InChI=1S/C16H18N2O2S3/c19-14(17-11-4-1-2-5-11)7-8-18-15(20)13(23-16(18)21)10-12-6-3-9-22-12/h3,6,9-11H,1-2,4-5,7-8H2,(H,17,19)/b13-10+. The largest absolute Gasteiger partial charge is 0.353 e. The molecule has 0 unspecified atom stereocenters. The molecule has 0 aromatic carbocycles. The smallest absolute Gasteiger partial charge is 0.266 e. The number of nitrogens with zero attached hydrogens (tertiary/aromatic N) is 1. The Bertz CT molecular complexity index is 634. The van der Waals surface area contributed by atoms with E-state index in [4.69, 9.17) is 12.2 Å². The third-order valence-electron chi connectivity index (χ3n) is 3.97. The van der Waals surface area contributed by atoms with Crippen LogP contribution < -0.4 is 5.32 Å². The number of nitrogens with one attached hydrogen (secondary N) is 1. The fraction of sp³-hybridized carbons (Fsp3) is 0.438. The SMILES string of the molecule is O=C(CCN1C(=O)/C(=C\c2cccs2)SC1=S)NC1CCCC1. The van der Waals surface area contributed by atoms with Crippen LogP contribution in [-0.2, 0) is 9.59 Å². The van der Waals surface area contributed by atoms with Crippen molar-refractivity contribution in [2.75, 3.05) is 6.54 Å². The lowest BCUT2D eigenvalue weighted by atomic mass is 10.2. The Hall–Kier alpha value is -1.18. The number of carbonyl (C=O) groups is 2. The van der Waals surface area contributed by atoms with E-state index in [2.05, 4.69) is 5.32 Å². The molecule has 1 N–H and O–H groups in total. The van der Waals surface area contributed by atoms with Gasteiger partial charge in [-0.25, -0.2) is 0 Å². The quantitative estimate of drug-likeness (QED) is 0.641.